The minimum Gasteiger partial charge on any atom is -0.316 e. The molecule has 1 aromatic carbocycles. The molecule has 4 nitrogen and oxygen atoms in total. The van der Waals surface area contributed by atoms with E-state index in [-0.39, 0.29) is 36.5 Å². The van der Waals surface area contributed by atoms with Gasteiger partial charge in [-0.3, -0.25) is 4.79 Å². The van der Waals surface area contributed by atoms with Crippen LogP contribution >= 0.6 is 11.8 Å². The van der Waals surface area contributed by atoms with E-state index in [1.807, 2.05) is 19.1 Å². The second-order valence-corrected chi connectivity index (χ2v) is 5.80. The maximum atomic E-state index is 13.6. The fourth-order valence-electron chi connectivity index (χ4n) is 1.78. The van der Waals surface area contributed by atoms with E-state index in [0.717, 1.165) is 0 Å². The highest BCUT2D eigenvalue weighted by atomic mass is 32.2. The molecule has 0 saturated carbocycles. The topological polar surface area (TPSA) is 67.9 Å². The standard InChI is InChI=1S/C15H16FN3OS/c1-12(13-4-2-3-5-14(13)16)21-11-6-15(20)19(9-7-17)10-8-18/h2-5,12H,6,9-11H2,1H3/t12-/m0/s1. The number of hydrogen-bond donors (Lipinski definition) is 0. The van der Waals surface area contributed by atoms with E-state index < -0.39 is 0 Å². The van der Waals surface area contributed by atoms with E-state index in [0.29, 0.717) is 11.3 Å². The lowest BCUT2D eigenvalue weighted by atomic mass is 10.1. The van der Waals surface area contributed by atoms with Gasteiger partial charge in [-0.2, -0.15) is 22.3 Å². The number of rotatable bonds is 7. The number of halogens is 1. The van der Waals surface area contributed by atoms with Crippen LogP contribution in [0.5, 0.6) is 0 Å². The fourth-order valence-corrected chi connectivity index (χ4v) is 2.80. The van der Waals surface area contributed by atoms with E-state index >= 15 is 0 Å². The second-order valence-electron chi connectivity index (χ2n) is 4.35. The quantitative estimate of drug-likeness (QED) is 0.726. The van der Waals surface area contributed by atoms with E-state index in [2.05, 4.69) is 0 Å². The molecule has 0 aromatic heterocycles. The first-order valence-electron chi connectivity index (χ1n) is 6.47. The van der Waals surface area contributed by atoms with Crippen LogP contribution in [0, 0.1) is 28.5 Å². The van der Waals surface area contributed by atoms with Crippen molar-refractivity contribution in [3.63, 3.8) is 0 Å². The average molecular weight is 305 g/mol. The molecule has 1 rings (SSSR count). The Kier molecular flexibility index (Phi) is 7.28. The van der Waals surface area contributed by atoms with Gasteiger partial charge in [-0.1, -0.05) is 18.2 Å². The van der Waals surface area contributed by atoms with Gasteiger partial charge >= 0.3 is 0 Å². The Balaban J connectivity index is 2.46. The summed E-state index contributed by atoms with van der Waals surface area (Å²) >= 11 is 1.47. The zero-order valence-corrected chi connectivity index (χ0v) is 12.6. The Hall–Kier alpha value is -2.05. The highest BCUT2D eigenvalue weighted by Gasteiger charge is 2.15. The van der Waals surface area contributed by atoms with Gasteiger partial charge in [0.25, 0.3) is 0 Å². The van der Waals surface area contributed by atoms with Crippen LogP contribution in [0.25, 0.3) is 0 Å². The molecule has 0 aliphatic carbocycles. The molecule has 1 atom stereocenters. The number of thioether (sulfide) groups is 1. The molecule has 0 fully saturated rings. The van der Waals surface area contributed by atoms with E-state index in [1.54, 1.807) is 18.2 Å². The van der Waals surface area contributed by atoms with Crippen LogP contribution in [0.4, 0.5) is 4.39 Å². The fraction of sp³-hybridized carbons (Fsp3) is 0.400. The molecule has 0 aliphatic rings. The number of nitriles is 2. The van der Waals surface area contributed by atoms with Crippen molar-refractivity contribution in [1.29, 1.82) is 10.5 Å². The zero-order valence-electron chi connectivity index (χ0n) is 11.8. The first-order chi connectivity index (χ1) is 10.1. The Morgan fingerprint density at radius 2 is 1.95 bits per heavy atom. The molecule has 0 spiro atoms. The van der Waals surface area contributed by atoms with Gasteiger partial charge in [-0.05, 0) is 13.0 Å². The maximum Gasteiger partial charge on any atom is 0.225 e. The molecule has 21 heavy (non-hydrogen) atoms. The van der Waals surface area contributed by atoms with Crippen LogP contribution in [0.3, 0.4) is 0 Å². The van der Waals surface area contributed by atoms with Crippen LogP contribution in [0.2, 0.25) is 0 Å². The molecule has 1 amide bonds. The van der Waals surface area contributed by atoms with Crippen molar-refractivity contribution in [1.82, 2.24) is 4.90 Å². The van der Waals surface area contributed by atoms with Gasteiger partial charge in [-0.25, -0.2) is 4.39 Å². The van der Waals surface area contributed by atoms with E-state index in [9.17, 15) is 9.18 Å². The summed E-state index contributed by atoms with van der Waals surface area (Å²) in [5, 5.41) is 17.2. The van der Waals surface area contributed by atoms with Gasteiger partial charge in [0.05, 0.1) is 12.1 Å². The third-order valence-electron chi connectivity index (χ3n) is 2.90. The Bertz CT molecular complexity index is 549. The number of carbonyl (C=O) groups excluding carboxylic acids is 1. The number of amides is 1. The predicted molar refractivity (Wildman–Crippen MR) is 79.7 cm³/mol. The van der Waals surface area contributed by atoms with Crippen molar-refractivity contribution >= 4 is 17.7 Å². The largest absolute Gasteiger partial charge is 0.316 e. The molecule has 0 saturated heterocycles. The highest BCUT2D eigenvalue weighted by molar-refractivity contribution is 7.99. The van der Waals surface area contributed by atoms with Crippen molar-refractivity contribution < 1.29 is 9.18 Å². The molecule has 0 N–H and O–H groups in total. The van der Waals surface area contributed by atoms with Gasteiger partial charge in [0.2, 0.25) is 5.91 Å². The van der Waals surface area contributed by atoms with Gasteiger partial charge < -0.3 is 4.90 Å². The van der Waals surface area contributed by atoms with Crippen molar-refractivity contribution in [3.8, 4) is 12.1 Å². The van der Waals surface area contributed by atoms with Crippen molar-refractivity contribution in [2.45, 2.75) is 18.6 Å². The molecule has 1 aromatic rings. The van der Waals surface area contributed by atoms with E-state index in [1.165, 1.54) is 22.7 Å². The van der Waals surface area contributed by atoms with Crippen molar-refractivity contribution in [2.24, 2.45) is 0 Å². The van der Waals surface area contributed by atoms with Gasteiger partial charge in [0.1, 0.15) is 18.9 Å². The minimum atomic E-state index is -0.251. The normalized spacial score (nSPS) is 11.2. The molecule has 0 heterocycles. The van der Waals surface area contributed by atoms with Crippen LogP contribution in [-0.2, 0) is 4.79 Å². The molecule has 0 bridgehead atoms. The summed E-state index contributed by atoms with van der Waals surface area (Å²) in [6.07, 6.45) is 0.229. The van der Waals surface area contributed by atoms with Crippen LogP contribution < -0.4 is 0 Å². The Morgan fingerprint density at radius 1 is 1.33 bits per heavy atom. The smallest absolute Gasteiger partial charge is 0.225 e. The maximum absolute atomic E-state index is 13.6. The van der Waals surface area contributed by atoms with E-state index in [4.69, 9.17) is 10.5 Å². The summed E-state index contributed by atoms with van der Waals surface area (Å²) in [6.45, 7) is 1.72. The number of hydrogen-bond acceptors (Lipinski definition) is 4. The predicted octanol–water partition coefficient (Wildman–Crippen LogP) is 2.89. The number of carbonyl (C=O) groups is 1. The van der Waals surface area contributed by atoms with Crippen LogP contribution in [0.15, 0.2) is 24.3 Å². The molecular formula is C15H16FN3OS. The second kappa shape index (κ2) is 8.99. The lowest BCUT2D eigenvalue weighted by Gasteiger charge is -2.17. The zero-order chi connectivity index (χ0) is 15.7. The summed E-state index contributed by atoms with van der Waals surface area (Å²) in [5.74, 6) is 0.0348. The SMILES string of the molecule is C[C@H](SCCC(=O)N(CC#N)CC#N)c1ccccc1F. The molecule has 0 aliphatic heterocycles. The lowest BCUT2D eigenvalue weighted by Crippen LogP contribution is -2.32. The van der Waals surface area contributed by atoms with Gasteiger partial charge in [-0.15, -0.1) is 0 Å². The summed E-state index contributed by atoms with van der Waals surface area (Å²) in [5.41, 5.74) is 0.612. The minimum absolute atomic E-state index is 0.0561. The lowest BCUT2D eigenvalue weighted by molar-refractivity contribution is -0.129. The molecule has 110 valence electrons. The molecule has 0 unspecified atom stereocenters. The van der Waals surface area contributed by atoms with Gasteiger partial charge in [0.15, 0.2) is 0 Å². The molecule has 6 heteroatoms. The highest BCUT2D eigenvalue weighted by Crippen LogP contribution is 2.30. The Labute approximate surface area is 128 Å². The summed E-state index contributed by atoms with van der Waals surface area (Å²) in [7, 11) is 0. The third-order valence-corrected chi connectivity index (χ3v) is 4.10. The Morgan fingerprint density at radius 3 is 2.52 bits per heavy atom. The molecular weight excluding hydrogens is 289 g/mol. The van der Waals surface area contributed by atoms with Gasteiger partial charge in [0, 0.05) is 23.0 Å². The summed E-state index contributed by atoms with van der Waals surface area (Å²) < 4.78 is 13.6. The summed E-state index contributed by atoms with van der Waals surface area (Å²) in [4.78, 5) is 13.1. The number of nitrogens with zero attached hydrogens (tertiary/aromatic N) is 3. The number of benzene rings is 1. The van der Waals surface area contributed by atoms with Crippen molar-refractivity contribution in [3.05, 3.63) is 35.6 Å². The average Bonchev–Trinajstić information content (AvgIpc) is 2.47. The first-order valence-corrected chi connectivity index (χ1v) is 7.52. The van der Waals surface area contributed by atoms with Crippen LogP contribution in [0.1, 0.15) is 24.2 Å². The first kappa shape index (κ1) is 17.0. The summed E-state index contributed by atoms with van der Waals surface area (Å²) in [6, 6.07) is 10.3. The molecule has 0 radical (unpaired) electrons. The monoisotopic (exact) mass is 305 g/mol. The van der Waals surface area contributed by atoms with Crippen molar-refractivity contribution in [2.75, 3.05) is 18.8 Å². The van der Waals surface area contributed by atoms with Crippen LogP contribution in [-0.4, -0.2) is 29.6 Å². The third kappa shape index (κ3) is 5.45.